The summed E-state index contributed by atoms with van der Waals surface area (Å²) in [5, 5.41) is 2.27. The third-order valence-corrected chi connectivity index (χ3v) is 7.73. The molecule has 0 aromatic heterocycles. The zero-order valence-electron chi connectivity index (χ0n) is 20.3. The van der Waals surface area contributed by atoms with Gasteiger partial charge in [0.15, 0.2) is 6.29 Å². The first-order chi connectivity index (χ1) is 18.7. The van der Waals surface area contributed by atoms with Gasteiger partial charge in [0.1, 0.15) is 6.61 Å². The molecule has 0 fully saturated rings. The van der Waals surface area contributed by atoms with Gasteiger partial charge in [-0.05, 0) is 39.4 Å². The average molecular weight is 568 g/mol. The molecule has 0 bridgehead atoms. The number of alkyl carbamates (subject to hydrolysis) is 1. The van der Waals surface area contributed by atoms with Crippen molar-refractivity contribution in [2.24, 2.45) is 0 Å². The average Bonchev–Trinajstić information content (AvgIpc) is 3.25. The largest absolute Gasteiger partial charge is 0.449 e. The fourth-order valence-electron chi connectivity index (χ4n) is 4.98. The van der Waals surface area contributed by atoms with Gasteiger partial charge in [-0.3, -0.25) is 4.79 Å². The smallest absolute Gasteiger partial charge is 0.417 e. The van der Waals surface area contributed by atoms with E-state index in [2.05, 4.69) is 17.9 Å². The molecule has 4 aromatic carbocycles. The molecule has 0 heterocycles. The molecule has 0 spiro atoms. The predicted octanol–water partition coefficient (Wildman–Crippen LogP) is 8.17. The molecule has 39 heavy (non-hydrogen) atoms. The standard InChI is InChI=1S/C30H21ClF3NO3S/c31-27-26(19-8-2-1-7-17(19)15-36)18(13-25(28(27)39)30(32,33)34)14-35-29(37)38-16-24-22-11-5-3-9-20(22)21-10-4-6-12-23(21)24/h1-13,15,24,39H,14,16H2,(H,35,37). The van der Waals surface area contributed by atoms with E-state index < -0.39 is 22.7 Å². The zero-order valence-corrected chi connectivity index (χ0v) is 21.9. The first-order valence-corrected chi connectivity index (χ1v) is 12.8. The number of halogens is 4. The highest BCUT2D eigenvalue weighted by Gasteiger charge is 2.36. The van der Waals surface area contributed by atoms with E-state index in [-0.39, 0.29) is 40.8 Å². The molecule has 1 N–H and O–H groups in total. The Morgan fingerprint density at radius 2 is 1.51 bits per heavy atom. The quantitative estimate of drug-likeness (QED) is 0.182. The van der Waals surface area contributed by atoms with Crippen molar-refractivity contribution in [3.05, 3.63) is 112 Å². The Bertz CT molecular complexity index is 1540. The van der Waals surface area contributed by atoms with Crippen molar-refractivity contribution in [3.8, 4) is 22.3 Å². The van der Waals surface area contributed by atoms with Crippen LogP contribution in [0.15, 0.2) is 83.8 Å². The number of carbonyl (C=O) groups excluding carboxylic acids is 2. The number of hydrogen-bond acceptors (Lipinski definition) is 4. The summed E-state index contributed by atoms with van der Waals surface area (Å²) in [6.07, 6.45) is -4.95. The second-order valence-electron chi connectivity index (χ2n) is 9.00. The van der Waals surface area contributed by atoms with E-state index in [1.54, 1.807) is 18.2 Å². The minimum atomic E-state index is -4.73. The van der Waals surface area contributed by atoms with E-state index in [0.29, 0.717) is 11.8 Å². The van der Waals surface area contributed by atoms with Gasteiger partial charge in [-0.15, -0.1) is 12.6 Å². The van der Waals surface area contributed by atoms with Gasteiger partial charge < -0.3 is 10.1 Å². The van der Waals surface area contributed by atoms with Gasteiger partial charge in [-0.2, -0.15) is 13.2 Å². The molecule has 1 amide bonds. The van der Waals surface area contributed by atoms with Crippen molar-refractivity contribution in [3.63, 3.8) is 0 Å². The third-order valence-electron chi connectivity index (χ3n) is 6.75. The van der Waals surface area contributed by atoms with Crippen LogP contribution in [0.25, 0.3) is 22.3 Å². The first-order valence-electron chi connectivity index (χ1n) is 12.0. The van der Waals surface area contributed by atoms with Crippen LogP contribution in [0, 0.1) is 0 Å². The summed E-state index contributed by atoms with van der Waals surface area (Å²) >= 11 is 10.4. The monoisotopic (exact) mass is 567 g/mol. The molecule has 4 aromatic rings. The van der Waals surface area contributed by atoms with Crippen LogP contribution < -0.4 is 5.32 Å². The molecule has 198 valence electrons. The van der Waals surface area contributed by atoms with Crippen molar-refractivity contribution in [2.75, 3.05) is 6.61 Å². The second kappa shape index (κ2) is 10.8. The van der Waals surface area contributed by atoms with E-state index >= 15 is 0 Å². The summed E-state index contributed by atoms with van der Waals surface area (Å²) in [4.78, 5) is 23.9. The van der Waals surface area contributed by atoms with Crippen molar-refractivity contribution in [1.29, 1.82) is 0 Å². The van der Waals surface area contributed by atoms with Crippen LogP contribution in [-0.2, 0) is 17.5 Å². The Balaban J connectivity index is 1.40. The summed E-state index contributed by atoms with van der Waals surface area (Å²) in [6, 6.07) is 23.0. The maximum atomic E-state index is 13.7. The van der Waals surface area contributed by atoms with Gasteiger partial charge in [-0.25, -0.2) is 4.79 Å². The topological polar surface area (TPSA) is 55.4 Å². The molecule has 1 aliphatic carbocycles. The number of nitrogens with one attached hydrogen (secondary N) is 1. The molecule has 0 saturated carbocycles. The Labute approximate surface area is 233 Å². The molecule has 4 nitrogen and oxygen atoms in total. The van der Waals surface area contributed by atoms with Crippen LogP contribution in [0.5, 0.6) is 0 Å². The van der Waals surface area contributed by atoms with Crippen LogP contribution in [-0.4, -0.2) is 19.0 Å². The Morgan fingerprint density at radius 1 is 0.949 bits per heavy atom. The van der Waals surface area contributed by atoms with E-state index in [1.165, 1.54) is 6.07 Å². The lowest BCUT2D eigenvalue weighted by Gasteiger charge is -2.20. The number of rotatable bonds is 6. The van der Waals surface area contributed by atoms with Crippen LogP contribution in [0.2, 0.25) is 5.02 Å². The maximum absolute atomic E-state index is 13.7. The SMILES string of the molecule is O=Cc1ccccc1-c1c(CNC(=O)OCC2c3ccccc3-c3ccccc32)cc(C(F)(F)F)c(S)c1Cl. The predicted molar refractivity (Wildman–Crippen MR) is 146 cm³/mol. The molecular weight excluding hydrogens is 547 g/mol. The number of ether oxygens (including phenoxy) is 1. The Hall–Kier alpha value is -3.75. The second-order valence-corrected chi connectivity index (χ2v) is 9.83. The fourth-order valence-corrected chi connectivity index (χ4v) is 5.61. The van der Waals surface area contributed by atoms with Gasteiger partial charge in [0.2, 0.25) is 0 Å². The van der Waals surface area contributed by atoms with E-state index in [1.807, 2.05) is 48.5 Å². The summed E-state index contributed by atoms with van der Waals surface area (Å²) < 4.78 is 46.8. The van der Waals surface area contributed by atoms with Gasteiger partial charge >= 0.3 is 12.3 Å². The third kappa shape index (κ3) is 5.14. The van der Waals surface area contributed by atoms with Gasteiger partial charge in [-0.1, -0.05) is 84.4 Å². The normalized spacial score (nSPS) is 12.5. The summed E-state index contributed by atoms with van der Waals surface area (Å²) in [5.41, 5.74) is 3.95. The molecule has 0 unspecified atom stereocenters. The number of thiol groups is 1. The van der Waals surface area contributed by atoms with Crippen molar-refractivity contribution >= 4 is 36.6 Å². The summed E-state index contributed by atoms with van der Waals surface area (Å²) in [7, 11) is 0. The molecule has 9 heteroatoms. The van der Waals surface area contributed by atoms with Crippen molar-refractivity contribution < 1.29 is 27.5 Å². The lowest BCUT2D eigenvalue weighted by Crippen LogP contribution is -2.26. The zero-order chi connectivity index (χ0) is 27.7. The summed E-state index contributed by atoms with van der Waals surface area (Å²) in [6.45, 7) is -0.277. The highest BCUT2D eigenvalue weighted by Crippen LogP contribution is 2.45. The van der Waals surface area contributed by atoms with Gasteiger partial charge in [0, 0.05) is 28.5 Å². The maximum Gasteiger partial charge on any atom is 0.417 e. The number of amides is 1. The molecular formula is C30H21ClF3NO3S. The minimum Gasteiger partial charge on any atom is -0.449 e. The van der Waals surface area contributed by atoms with E-state index in [9.17, 15) is 22.8 Å². The van der Waals surface area contributed by atoms with Crippen molar-refractivity contribution in [2.45, 2.75) is 23.5 Å². The number of alkyl halides is 3. The number of fused-ring (bicyclic) bond motifs is 3. The molecule has 0 saturated heterocycles. The number of hydrogen-bond donors (Lipinski definition) is 2. The van der Waals surface area contributed by atoms with Crippen LogP contribution in [0.4, 0.5) is 18.0 Å². The molecule has 0 radical (unpaired) electrons. The lowest BCUT2D eigenvalue weighted by molar-refractivity contribution is -0.139. The molecule has 5 rings (SSSR count). The van der Waals surface area contributed by atoms with Crippen LogP contribution >= 0.6 is 24.2 Å². The summed E-state index contributed by atoms with van der Waals surface area (Å²) in [5.74, 6) is -0.173. The Morgan fingerprint density at radius 3 is 2.10 bits per heavy atom. The number of carbonyl (C=O) groups is 2. The van der Waals surface area contributed by atoms with Gasteiger partial charge in [0.05, 0.1) is 10.6 Å². The highest BCUT2D eigenvalue weighted by molar-refractivity contribution is 7.80. The molecule has 0 atom stereocenters. The van der Waals surface area contributed by atoms with Crippen LogP contribution in [0.3, 0.4) is 0 Å². The minimum absolute atomic E-state index is 0.0465. The highest BCUT2D eigenvalue weighted by atomic mass is 35.5. The van der Waals surface area contributed by atoms with E-state index in [0.717, 1.165) is 28.3 Å². The Kier molecular flexibility index (Phi) is 7.42. The van der Waals surface area contributed by atoms with Crippen LogP contribution in [0.1, 0.15) is 38.5 Å². The lowest BCUT2D eigenvalue weighted by atomic mass is 9.93. The van der Waals surface area contributed by atoms with Crippen molar-refractivity contribution in [1.82, 2.24) is 5.32 Å². The van der Waals surface area contributed by atoms with E-state index in [4.69, 9.17) is 16.3 Å². The fraction of sp³-hybridized carbons (Fsp3) is 0.133. The molecule has 1 aliphatic rings. The number of aldehydes is 1. The van der Waals surface area contributed by atoms with Gasteiger partial charge in [0.25, 0.3) is 0 Å². The number of benzene rings is 4. The first kappa shape index (κ1) is 26.8. The molecule has 0 aliphatic heterocycles.